The third-order valence-corrected chi connectivity index (χ3v) is 6.32. The van der Waals surface area contributed by atoms with Crippen LogP contribution in [0.15, 0.2) is 24.3 Å². The van der Waals surface area contributed by atoms with E-state index in [2.05, 4.69) is 30.0 Å². The number of hydrogen-bond donors (Lipinski definition) is 1. The Morgan fingerprint density at radius 3 is 2.59 bits per heavy atom. The molecule has 0 radical (unpaired) electrons. The van der Waals surface area contributed by atoms with Gasteiger partial charge in [0.25, 0.3) is 5.91 Å². The largest absolute Gasteiger partial charge is 0.348 e. The Labute approximate surface area is 132 Å². The maximum Gasteiger partial charge on any atom is 0.264 e. The SMILES string of the molecule is CN1c2ccccc2[C@]2(C)CN(C3CCCCC3)C(=O)[C@]12N. The maximum atomic E-state index is 13.3. The van der Waals surface area contributed by atoms with Crippen molar-refractivity contribution in [3.05, 3.63) is 29.8 Å². The van der Waals surface area contributed by atoms with E-state index in [9.17, 15) is 4.79 Å². The summed E-state index contributed by atoms with van der Waals surface area (Å²) in [4.78, 5) is 17.3. The van der Waals surface area contributed by atoms with E-state index in [4.69, 9.17) is 5.73 Å². The molecule has 3 aliphatic rings. The van der Waals surface area contributed by atoms with Gasteiger partial charge in [-0.05, 0) is 31.4 Å². The van der Waals surface area contributed by atoms with Crippen LogP contribution in [0.4, 0.5) is 5.69 Å². The normalized spacial score (nSPS) is 35.0. The van der Waals surface area contributed by atoms with Gasteiger partial charge in [0.2, 0.25) is 0 Å². The van der Waals surface area contributed by atoms with E-state index in [1.807, 2.05) is 18.0 Å². The van der Waals surface area contributed by atoms with Gasteiger partial charge in [0.1, 0.15) is 0 Å². The van der Waals surface area contributed by atoms with E-state index in [0.717, 1.165) is 25.1 Å². The molecule has 2 atom stereocenters. The minimum absolute atomic E-state index is 0.112. The fourth-order valence-corrected chi connectivity index (χ4v) is 4.90. The van der Waals surface area contributed by atoms with Crippen molar-refractivity contribution in [2.45, 2.75) is 56.1 Å². The first-order chi connectivity index (χ1) is 10.5. The van der Waals surface area contributed by atoms with E-state index in [1.165, 1.54) is 24.8 Å². The number of rotatable bonds is 1. The molecule has 1 aromatic carbocycles. The summed E-state index contributed by atoms with van der Waals surface area (Å²) in [7, 11) is 1.96. The van der Waals surface area contributed by atoms with Gasteiger partial charge in [-0.2, -0.15) is 0 Å². The van der Waals surface area contributed by atoms with Crippen LogP contribution in [-0.4, -0.2) is 36.1 Å². The molecule has 2 N–H and O–H groups in total. The molecule has 4 rings (SSSR count). The lowest BCUT2D eigenvalue weighted by atomic mass is 9.77. The molecule has 0 unspecified atom stereocenters. The number of likely N-dealkylation sites (N-methyl/N-ethyl adjacent to an activating group) is 1. The number of carbonyl (C=O) groups is 1. The van der Waals surface area contributed by atoms with Crippen molar-refractivity contribution in [1.29, 1.82) is 0 Å². The van der Waals surface area contributed by atoms with Crippen LogP contribution in [-0.2, 0) is 10.2 Å². The number of para-hydroxylation sites is 1. The molecule has 1 saturated carbocycles. The molecule has 0 bridgehead atoms. The second-order valence-corrected chi connectivity index (χ2v) is 7.40. The minimum atomic E-state index is -0.936. The van der Waals surface area contributed by atoms with Crippen molar-refractivity contribution in [1.82, 2.24) is 4.90 Å². The zero-order chi connectivity index (χ0) is 15.5. The van der Waals surface area contributed by atoms with Crippen LogP contribution in [0.2, 0.25) is 0 Å². The Hall–Kier alpha value is -1.55. The van der Waals surface area contributed by atoms with Gasteiger partial charge < -0.3 is 9.80 Å². The van der Waals surface area contributed by atoms with E-state index < -0.39 is 5.66 Å². The van der Waals surface area contributed by atoms with Crippen LogP contribution in [0.25, 0.3) is 0 Å². The van der Waals surface area contributed by atoms with E-state index in [1.54, 1.807) is 0 Å². The fourth-order valence-electron chi connectivity index (χ4n) is 4.90. The number of carbonyl (C=O) groups excluding carboxylic acids is 1. The smallest absolute Gasteiger partial charge is 0.264 e. The number of nitrogens with zero attached hydrogens (tertiary/aromatic N) is 2. The second-order valence-electron chi connectivity index (χ2n) is 7.40. The van der Waals surface area contributed by atoms with Gasteiger partial charge in [-0.15, -0.1) is 0 Å². The molecule has 2 aliphatic heterocycles. The van der Waals surface area contributed by atoms with Gasteiger partial charge in [0, 0.05) is 25.3 Å². The quantitative estimate of drug-likeness (QED) is 0.865. The first kappa shape index (κ1) is 14.1. The number of fused-ring (bicyclic) bond motifs is 3. The number of amides is 1. The van der Waals surface area contributed by atoms with E-state index in [0.29, 0.717) is 6.04 Å². The monoisotopic (exact) mass is 299 g/mol. The molecule has 1 aromatic rings. The molecule has 2 heterocycles. The summed E-state index contributed by atoms with van der Waals surface area (Å²) in [6.07, 6.45) is 6.02. The van der Waals surface area contributed by atoms with E-state index >= 15 is 0 Å². The van der Waals surface area contributed by atoms with Crippen molar-refractivity contribution in [2.24, 2.45) is 5.73 Å². The Bertz CT molecular complexity index is 625. The molecular formula is C18H25N3O. The lowest BCUT2D eigenvalue weighted by molar-refractivity contribution is -0.134. The van der Waals surface area contributed by atoms with Gasteiger partial charge in [-0.25, -0.2) is 0 Å². The van der Waals surface area contributed by atoms with Gasteiger partial charge in [-0.3, -0.25) is 10.5 Å². The van der Waals surface area contributed by atoms with Crippen LogP contribution in [0.3, 0.4) is 0 Å². The van der Waals surface area contributed by atoms with Gasteiger partial charge in [-0.1, -0.05) is 37.5 Å². The average molecular weight is 299 g/mol. The second kappa shape index (κ2) is 4.48. The van der Waals surface area contributed by atoms with Crippen LogP contribution < -0.4 is 10.6 Å². The molecule has 22 heavy (non-hydrogen) atoms. The standard InChI is InChI=1S/C18H25N3O/c1-17-12-21(13-8-4-3-5-9-13)16(22)18(17,19)20(2)15-11-7-6-10-14(15)17/h6-7,10-11,13H,3-5,8-9,12,19H2,1-2H3/t17-,18-/m0/s1. The molecule has 1 aliphatic carbocycles. The van der Waals surface area contributed by atoms with Crippen molar-refractivity contribution in [3.63, 3.8) is 0 Å². The van der Waals surface area contributed by atoms with Crippen molar-refractivity contribution in [3.8, 4) is 0 Å². The molecule has 1 saturated heterocycles. The third-order valence-electron chi connectivity index (χ3n) is 6.32. The van der Waals surface area contributed by atoms with Crippen molar-refractivity contribution in [2.75, 3.05) is 18.5 Å². The van der Waals surface area contributed by atoms with Crippen LogP contribution >= 0.6 is 0 Å². The number of benzene rings is 1. The topological polar surface area (TPSA) is 49.6 Å². The lowest BCUT2D eigenvalue weighted by Crippen LogP contribution is -2.65. The zero-order valence-corrected chi connectivity index (χ0v) is 13.5. The van der Waals surface area contributed by atoms with Crippen molar-refractivity contribution < 1.29 is 4.79 Å². The molecule has 2 fully saturated rings. The Balaban J connectivity index is 1.78. The number of hydrogen-bond acceptors (Lipinski definition) is 3. The minimum Gasteiger partial charge on any atom is -0.348 e. The summed E-state index contributed by atoms with van der Waals surface area (Å²) in [6.45, 7) is 2.91. The summed E-state index contributed by atoms with van der Waals surface area (Å²) >= 11 is 0. The highest BCUT2D eigenvalue weighted by Crippen LogP contribution is 2.53. The summed E-state index contributed by atoms with van der Waals surface area (Å²) < 4.78 is 0. The average Bonchev–Trinajstić information content (AvgIpc) is 2.87. The zero-order valence-electron chi connectivity index (χ0n) is 13.5. The Kier molecular flexibility index (Phi) is 2.86. The van der Waals surface area contributed by atoms with Gasteiger partial charge >= 0.3 is 0 Å². The molecule has 0 spiro atoms. The van der Waals surface area contributed by atoms with Gasteiger partial charge in [0.15, 0.2) is 5.66 Å². The predicted molar refractivity (Wildman–Crippen MR) is 87.7 cm³/mol. The number of likely N-dealkylation sites (tertiary alicyclic amines) is 1. The summed E-state index contributed by atoms with van der Waals surface area (Å²) in [6, 6.07) is 8.66. The molecule has 0 aromatic heterocycles. The summed E-state index contributed by atoms with van der Waals surface area (Å²) in [5.41, 5.74) is 7.82. The molecule has 4 nitrogen and oxygen atoms in total. The first-order valence-corrected chi connectivity index (χ1v) is 8.43. The predicted octanol–water partition coefficient (Wildman–Crippen LogP) is 2.22. The number of anilines is 1. The molecule has 1 amide bonds. The molecule has 4 heteroatoms. The Morgan fingerprint density at radius 2 is 1.86 bits per heavy atom. The number of nitrogens with two attached hydrogens (primary N) is 1. The maximum absolute atomic E-state index is 13.3. The van der Waals surface area contributed by atoms with Crippen LogP contribution in [0, 0.1) is 0 Å². The molecule has 118 valence electrons. The summed E-state index contributed by atoms with van der Waals surface area (Å²) in [5, 5.41) is 0. The van der Waals surface area contributed by atoms with Gasteiger partial charge in [0.05, 0.1) is 5.41 Å². The highest BCUT2D eigenvalue weighted by molar-refractivity contribution is 5.98. The highest BCUT2D eigenvalue weighted by atomic mass is 16.2. The first-order valence-electron chi connectivity index (χ1n) is 8.43. The van der Waals surface area contributed by atoms with Crippen LogP contribution in [0.5, 0.6) is 0 Å². The van der Waals surface area contributed by atoms with Crippen LogP contribution in [0.1, 0.15) is 44.6 Å². The summed E-state index contributed by atoms with van der Waals surface area (Å²) in [5.74, 6) is 0.112. The lowest BCUT2D eigenvalue weighted by Gasteiger charge is -2.37. The third kappa shape index (κ3) is 1.49. The fraction of sp³-hybridized carbons (Fsp3) is 0.611. The molecular weight excluding hydrogens is 274 g/mol. The van der Waals surface area contributed by atoms with E-state index in [-0.39, 0.29) is 11.3 Å². The highest BCUT2D eigenvalue weighted by Gasteiger charge is 2.67. The van der Waals surface area contributed by atoms with Crippen molar-refractivity contribution >= 4 is 11.6 Å². The Morgan fingerprint density at radius 1 is 1.18 bits per heavy atom.